The van der Waals surface area contributed by atoms with Gasteiger partial charge in [-0.15, -0.1) is 35.3 Å². The van der Waals surface area contributed by atoms with Crippen molar-refractivity contribution in [2.75, 3.05) is 39.1 Å². The van der Waals surface area contributed by atoms with Gasteiger partial charge in [-0.1, -0.05) is 12.1 Å². The minimum Gasteiger partial charge on any atom is -0.378 e. The summed E-state index contributed by atoms with van der Waals surface area (Å²) in [5.74, 6) is 0.618. The minimum atomic E-state index is -4.38. The van der Waals surface area contributed by atoms with Gasteiger partial charge in [-0.3, -0.25) is 4.99 Å². The maximum atomic E-state index is 12.5. The highest BCUT2D eigenvalue weighted by molar-refractivity contribution is 14.0. The first-order valence-corrected chi connectivity index (χ1v) is 9.40. The van der Waals surface area contributed by atoms with E-state index in [0.29, 0.717) is 30.5 Å². The molecule has 0 aliphatic carbocycles. The van der Waals surface area contributed by atoms with E-state index in [1.165, 1.54) is 5.56 Å². The Labute approximate surface area is 184 Å². The number of aromatic nitrogens is 1. The second kappa shape index (κ2) is 11.4. The Balaban J connectivity index is 0.00000392. The number of rotatable bonds is 7. The lowest BCUT2D eigenvalue weighted by atomic mass is 10.1. The molecule has 0 atom stereocenters. The Morgan fingerprint density at radius 1 is 1.11 bits per heavy atom. The number of aliphatic imine (C=N–C) groups is 1. The van der Waals surface area contributed by atoms with Crippen LogP contribution in [-0.4, -0.2) is 45.2 Å². The minimum absolute atomic E-state index is 0. The molecule has 156 valence electrons. The van der Waals surface area contributed by atoms with Gasteiger partial charge < -0.3 is 15.5 Å². The number of thiazole rings is 1. The van der Waals surface area contributed by atoms with E-state index in [9.17, 15) is 13.2 Å². The van der Waals surface area contributed by atoms with Gasteiger partial charge in [-0.05, 0) is 24.1 Å². The van der Waals surface area contributed by atoms with E-state index in [1.54, 1.807) is 7.05 Å². The molecule has 0 unspecified atom stereocenters. The van der Waals surface area contributed by atoms with E-state index in [4.69, 9.17) is 0 Å². The summed E-state index contributed by atoms with van der Waals surface area (Å²) in [5.41, 5.74) is 1.54. The third-order valence-corrected chi connectivity index (χ3v) is 4.76. The number of hydrogen-bond acceptors (Lipinski definition) is 4. The van der Waals surface area contributed by atoms with Crippen LogP contribution in [-0.2, 0) is 19.0 Å². The molecule has 0 aliphatic rings. The molecule has 1 aromatic heterocycles. The highest BCUT2D eigenvalue weighted by Gasteiger charge is 2.33. The van der Waals surface area contributed by atoms with Crippen LogP contribution in [0, 0.1) is 0 Å². The number of benzene rings is 1. The fourth-order valence-electron chi connectivity index (χ4n) is 2.35. The van der Waals surface area contributed by atoms with Crippen molar-refractivity contribution in [3.63, 3.8) is 0 Å². The van der Waals surface area contributed by atoms with Crippen molar-refractivity contribution in [2.24, 2.45) is 4.99 Å². The summed E-state index contributed by atoms with van der Waals surface area (Å²) in [6.45, 7) is 1.17. The number of hydrogen-bond donors (Lipinski definition) is 2. The summed E-state index contributed by atoms with van der Waals surface area (Å²) >= 11 is 1.02. The maximum Gasteiger partial charge on any atom is 0.434 e. The van der Waals surface area contributed by atoms with E-state index in [1.807, 2.05) is 19.0 Å². The summed E-state index contributed by atoms with van der Waals surface area (Å²) in [4.78, 5) is 9.79. The van der Waals surface area contributed by atoms with Crippen molar-refractivity contribution in [2.45, 2.75) is 19.0 Å². The Kier molecular flexibility index (Phi) is 10.0. The number of anilines is 1. The molecule has 0 saturated heterocycles. The van der Waals surface area contributed by atoms with Gasteiger partial charge in [0.2, 0.25) is 0 Å². The van der Waals surface area contributed by atoms with Gasteiger partial charge in [0.05, 0.1) is 5.01 Å². The molecule has 10 heteroatoms. The molecule has 2 rings (SSSR count). The third kappa shape index (κ3) is 7.82. The maximum absolute atomic E-state index is 12.5. The molecular weight excluding hydrogens is 502 g/mol. The van der Waals surface area contributed by atoms with E-state index in [-0.39, 0.29) is 24.0 Å². The lowest BCUT2D eigenvalue weighted by Gasteiger charge is -2.13. The van der Waals surface area contributed by atoms with Gasteiger partial charge in [0.15, 0.2) is 11.7 Å². The van der Waals surface area contributed by atoms with Gasteiger partial charge in [0, 0.05) is 51.7 Å². The van der Waals surface area contributed by atoms with Crippen LogP contribution in [0.3, 0.4) is 0 Å². The highest BCUT2D eigenvalue weighted by Crippen LogP contribution is 2.29. The summed E-state index contributed by atoms with van der Waals surface area (Å²) in [6.07, 6.45) is -3.13. The molecule has 0 spiro atoms. The number of guanidine groups is 1. The SMILES string of the molecule is CN=C(NCCc1ccc(N(C)C)cc1)NCCc1nc(C(F)(F)F)cs1.I. The van der Waals surface area contributed by atoms with E-state index in [2.05, 4.69) is 44.9 Å². The van der Waals surface area contributed by atoms with Crippen LogP contribution in [0.15, 0.2) is 34.6 Å². The van der Waals surface area contributed by atoms with Crippen LogP contribution in [0.5, 0.6) is 0 Å². The van der Waals surface area contributed by atoms with Crippen molar-refractivity contribution in [1.82, 2.24) is 15.6 Å². The summed E-state index contributed by atoms with van der Waals surface area (Å²) in [6, 6.07) is 8.33. The predicted molar refractivity (Wildman–Crippen MR) is 120 cm³/mol. The zero-order valence-electron chi connectivity index (χ0n) is 16.0. The van der Waals surface area contributed by atoms with E-state index >= 15 is 0 Å². The lowest BCUT2D eigenvalue weighted by Crippen LogP contribution is -2.39. The van der Waals surface area contributed by atoms with Crippen molar-refractivity contribution >= 4 is 47.0 Å². The van der Waals surface area contributed by atoms with Crippen molar-refractivity contribution < 1.29 is 13.2 Å². The molecule has 1 heterocycles. The molecule has 2 aromatic rings. The largest absolute Gasteiger partial charge is 0.434 e. The molecule has 0 radical (unpaired) electrons. The molecule has 0 amide bonds. The quantitative estimate of drug-likeness (QED) is 0.327. The fraction of sp³-hybridized carbons (Fsp3) is 0.444. The number of alkyl halides is 3. The van der Waals surface area contributed by atoms with E-state index < -0.39 is 11.9 Å². The zero-order chi connectivity index (χ0) is 19.9. The van der Waals surface area contributed by atoms with Crippen LogP contribution in [0.2, 0.25) is 0 Å². The average molecular weight is 527 g/mol. The standard InChI is InChI=1S/C18H24F3N5S.HI/c1-22-17(23-10-8-13-4-6-14(7-5-13)26(2)3)24-11-9-16-25-15(12-27-16)18(19,20)21;/h4-7,12H,8-11H2,1-3H3,(H2,22,23,24);1H. The topological polar surface area (TPSA) is 52.6 Å². The molecule has 1 aromatic carbocycles. The number of nitrogens with one attached hydrogen (secondary N) is 2. The van der Waals surface area contributed by atoms with Crippen LogP contribution in [0.1, 0.15) is 16.3 Å². The van der Waals surface area contributed by atoms with Crippen molar-refractivity contribution in [1.29, 1.82) is 0 Å². The summed E-state index contributed by atoms with van der Waals surface area (Å²) < 4.78 is 37.6. The Bertz CT molecular complexity index is 744. The first-order valence-electron chi connectivity index (χ1n) is 8.52. The predicted octanol–water partition coefficient (Wildman–Crippen LogP) is 3.80. The fourth-order valence-corrected chi connectivity index (χ4v) is 3.16. The smallest absolute Gasteiger partial charge is 0.378 e. The van der Waals surface area contributed by atoms with Gasteiger partial charge in [0.1, 0.15) is 0 Å². The lowest BCUT2D eigenvalue weighted by molar-refractivity contribution is -0.140. The number of halogens is 4. The first kappa shape index (κ1) is 24.5. The summed E-state index contributed by atoms with van der Waals surface area (Å²) in [7, 11) is 5.66. The Hall–Kier alpha value is -1.56. The monoisotopic (exact) mass is 527 g/mol. The van der Waals surface area contributed by atoms with Gasteiger partial charge in [-0.25, -0.2) is 4.98 Å². The van der Waals surface area contributed by atoms with Crippen LogP contribution in [0.25, 0.3) is 0 Å². The van der Waals surface area contributed by atoms with Crippen molar-refractivity contribution in [3.05, 3.63) is 45.9 Å². The number of nitrogens with zero attached hydrogens (tertiary/aromatic N) is 3. The second-order valence-corrected chi connectivity index (χ2v) is 7.05. The van der Waals surface area contributed by atoms with Crippen LogP contribution >= 0.6 is 35.3 Å². The first-order chi connectivity index (χ1) is 12.8. The zero-order valence-corrected chi connectivity index (χ0v) is 19.2. The third-order valence-electron chi connectivity index (χ3n) is 3.86. The molecular formula is C18H25F3IN5S. The van der Waals surface area contributed by atoms with Gasteiger partial charge in [0.25, 0.3) is 0 Å². The molecule has 2 N–H and O–H groups in total. The summed E-state index contributed by atoms with van der Waals surface area (Å²) in [5, 5.41) is 7.79. The van der Waals surface area contributed by atoms with Crippen molar-refractivity contribution in [3.8, 4) is 0 Å². The van der Waals surface area contributed by atoms with Gasteiger partial charge >= 0.3 is 6.18 Å². The molecule has 0 aliphatic heterocycles. The normalized spacial score (nSPS) is 11.7. The molecule has 0 fully saturated rings. The van der Waals surface area contributed by atoms with Crippen LogP contribution < -0.4 is 15.5 Å². The Morgan fingerprint density at radius 2 is 1.71 bits per heavy atom. The second-order valence-electron chi connectivity index (χ2n) is 6.11. The molecule has 0 saturated carbocycles. The van der Waals surface area contributed by atoms with Crippen LogP contribution in [0.4, 0.5) is 18.9 Å². The molecule has 5 nitrogen and oxygen atoms in total. The molecule has 0 bridgehead atoms. The average Bonchev–Trinajstić information content (AvgIpc) is 3.10. The highest BCUT2D eigenvalue weighted by atomic mass is 127. The van der Waals surface area contributed by atoms with E-state index in [0.717, 1.165) is 28.8 Å². The van der Waals surface area contributed by atoms with Gasteiger partial charge in [-0.2, -0.15) is 13.2 Å². The Morgan fingerprint density at radius 3 is 2.21 bits per heavy atom. The molecule has 28 heavy (non-hydrogen) atoms.